The molecule has 0 atom stereocenters. The fourth-order valence-electron chi connectivity index (χ4n) is 2.47. The van der Waals surface area contributed by atoms with Gasteiger partial charge in [-0.25, -0.2) is 0 Å². The smallest absolute Gasteiger partial charge is 0.264 e. The van der Waals surface area contributed by atoms with E-state index >= 15 is 0 Å². The third-order valence-electron chi connectivity index (χ3n) is 4.01. The molecular formula is C20H20N2O4. The van der Waals surface area contributed by atoms with Crippen LogP contribution in [-0.4, -0.2) is 23.0 Å². The maximum Gasteiger partial charge on any atom is 0.264 e. The van der Waals surface area contributed by atoms with E-state index in [0.29, 0.717) is 28.8 Å². The van der Waals surface area contributed by atoms with Crippen LogP contribution < -0.4 is 9.47 Å². The first-order valence-electron chi connectivity index (χ1n) is 8.34. The van der Waals surface area contributed by atoms with E-state index in [9.17, 15) is 4.79 Å². The molecular weight excluding hydrogens is 332 g/mol. The van der Waals surface area contributed by atoms with Crippen molar-refractivity contribution in [3.8, 4) is 22.9 Å². The van der Waals surface area contributed by atoms with E-state index in [4.69, 9.17) is 14.0 Å². The molecule has 26 heavy (non-hydrogen) atoms. The number of methoxy groups -OCH3 is 1. The summed E-state index contributed by atoms with van der Waals surface area (Å²) in [5, 5.41) is 3.99. The molecule has 6 heteroatoms. The molecule has 3 aromatic rings. The molecule has 0 fully saturated rings. The van der Waals surface area contributed by atoms with Crippen molar-refractivity contribution in [1.29, 1.82) is 0 Å². The number of rotatable bonds is 7. The molecule has 0 aliphatic rings. The summed E-state index contributed by atoms with van der Waals surface area (Å²) in [5.41, 5.74) is 2.70. The molecule has 0 saturated carbocycles. The van der Waals surface area contributed by atoms with Crippen LogP contribution in [-0.2, 0) is 13.0 Å². The molecule has 0 bridgehead atoms. The Morgan fingerprint density at radius 2 is 1.88 bits per heavy atom. The summed E-state index contributed by atoms with van der Waals surface area (Å²) < 4.78 is 16.2. The number of carbonyl (C=O) groups is 1. The van der Waals surface area contributed by atoms with Gasteiger partial charge in [0.2, 0.25) is 5.82 Å². The number of hydrogen-bond acceptors (Lipinski definition) is 6. The van der Waals surface area contributed by atoms with Gasteiger partial charge in [-0.1, -0.05) is 36.3 Å². The van der Waals surface area contributed by atoms with E-state index in [0.717, 1.165) is 12.0 Å². The largest absolute Gasteiger partial charge is 0.493 e. The number of Topliss-reactive ketones (excluding diaryl/α,β-unsaturated/α-hetero) is 1. The number of ether oxygens (including phenoxy) is 2. The fraction of sp³-hybridized carbons (Fsp3) is 0.250. The quantitative estimate of drug-likeness (QED) is 0.596. The van der Waals surface area contributed by atoms with Gasteiger partial charge in [-0.05, 0) is 37.1 Å². The zero-order chi connectivity index (χ0) is 18.5. The SMILES string of the molecule is CCc1ccc(-c2noc(COc3ccc(C(C)=O)cc3OC)n2)cc1. The standard InChI is InChI=1S/C20H20N2O4/c1-4-14-5-7-15(8-6-14)20-21-19(26-22-20)12-25-17-10-9-16(13(2)23)11-18(17)24-3/h5-11H,4,12H2,1-3H3. The molecule has 3 rings (SSSR count). The summed E-state index contributed by atoms with van der Waals surface area (Å²) in [4.78, 5) is 15.8. The second kappa shape index (κ2) is 7.82. The Morgan fingerprint density at radius 1 is 1.12 bits per heavy atom. The van der Waals surface area contributed by atoms with Gasteiger partial charge < -0.3 is 14.0 Å². The number of hydrogen-bond donors (Lipinski definition) is 0. The molecule has 0 aliphatic carbocycles. The van der Waals surface area contributed by atoms with Crippen LogP contribution in [0, 0.1) is 0 Å². The van der Waals surface area contributed by atoms with Gasteiger partial charge in [0.05, 0.1) is 7.11 Å². The number of aryl methyl sites for hydroxylation is 1. The molecule has 0 amide bonds. The number of nitrogens with zero attached hydrogens (tertiary/aromatic N) is 2. The zero-order valence-corrected chi connectivity index (χ0v) is 15.0. The average Bonchev–Trinajstić information content (AvgIpc) is 3.15. The first-order chi connectivity index (χ1) is 12.6. The first kappa shape index (κ1) is 17.7. The normalized spacial score (nSPS) is 10.6. The topological polar surface area (TPSA) is 74.5 Å². The number of aromatic nitrogens is 2. The Bertz CT molecular complexity index is 900. The van der Waals surface area contributed by atoms with Crippen molar-refractivity contribution >= 4 is 5.78 Å². The van der Waals surface area contributed by atoms with E-state index in [-0.39, 0.29) is 12.4 Å². The van der Waals surface area contributed by atoms with Crippen LogP contribution in [0.25, 0.3) is 11.4 Å². The van der Waals surface area contributed by atoms with E-state index in [1.165, 1.54) is 19.6 Å². The van der Waals surface area contributed by atoms with E-state index < -0.39 is 0 Å². The Labute approximate surface area is 151 Å². The summed E-state index contributed by atoms with van der Waals surface area (Å²) in [7, 11) is 1.52. The van der Waals surface area contributed by atoms with Gasteiger partial charge in [0.25, 0.3) is 5.89 Å². The Hall–Kier alpha value is -3.15. The summed E-state index contributed by atoms with van der Waals surface area (Å²) >= 11 is 0. The fourth-order valence-corrected chi connectivity index (χ4v) is 2.47. The summed E-state index contributed by atoms with van der Waals surface area (Å²) in [6.45, 7) is 3.72. The van der Waals surface area contributed by atoms with Crippen LogP contribution in [0.5, 0.6) is 11.5 Å². The van der Waals surface area contributed by atoms with Crippen molar-refractivity contribution in [1.82, 2.24) is 10.1 Å². The first-order valence-corrected chi connectivity index (χ1v) is 8.34. The third-order valence-corrected chi connectivity index (χ3v) is 4.01. The van der Waals surface area contributed by atoms with Crippen LogP contribution >= 0.6 is 0 Å². The minimum atomic E-state index is -0.0366. The van der Waals surface area contributed by atoms with Gasteiger partial charge in [-0.2, -0.15) is 4.98 Å². The van der Waals surface area contributed by atoms with Crippen LogP contribution in [0.1, 0.15) is 35.7 Å². The molecule has 0 saturated heterocycles. The Kier molecular flexibility index (Phi) is 5.31. The number of ketones is 1. The van der Waals surface area contributed by atoms with Crippen molar-refractivity contribution in [3.63, 3.8) is 0 Å². The van der Waals surface area contributed by atoms with E-state index in [2.05, 4.69) is 17.1 Å². The Morgan fingerprint density at radius 3 is 2.54 bits per heavy atom. The monoisotopic (exact) mass is 352 g/mol. The number of carbonyl (C=O) groups excluding carboxylic acids is 1. The van der Waals surface area contributed by atoms with Gasteiger partial charge in [-0.15, -0.1) is 0 Å². The molecule has 0 unspecified atom stereocenters. The summed E-state index contributed by atoms with van der Waals surface area (Å²) in [6, 6.07) is 13.1. The molecule has 0 radical (unpaired) electrons. The highest BCUT2D eigenvalue weighted by molar-refractivity contribution is 5.94. The molecule has 0 aliphatic heterocycles. The van der Waals surface area contributed by atoms with E-state index in [1.807, 2.05) is 24.3 Å². The lowest BCUT2D eigenvalue weighted by atomic mass is 10.1. The number of benzene rings is 2. The Balaban J connectivity index is 1.70. The molecule has 0 spiro atoms. The highest BCUT2D eigenvalue weighted by Gasteiger charge is 2.12. The van der Waals surface area contributed by atoms with Crippen LogP contribution in [0.4, 0.5) is 0 Å². The molecule has 1 aromatic heterocycles. The maximum absolute atomic E-state index is 11.5. The predicted molar refractivity (Wildman–Crippen MR) is 96.4 cm³/mol. The summed E-state index contributed by atoms with van der Waals surface area (Å²) in [6.07, 6.45) is 0.982. The molecule has 0 N–H and O–H groups in total. The lowest BCUT2D eigenvalue weighted by Gasteiger charge is -2.09. The van der Waals surface area contributed by atoms with Gasteiger partial charge >= 0.3 is 0 Å². The van der Waals surface area contributed by atoms with Crippen molar-refractivity contribution in [2.45, 2.75) is 26.9 Å². The van der Waals surface area contributed by atoms with E-state index in [1.54, 1.807) is 18.2 Å². The lowest BCUT2D eigenvalue weighted by molar-refractivity contribution is 0.101. The summed E-state index contributed by atoms with van der Waals surface area (Å²) in [5.74, 6) is 1.82. The van der Waals surface area contributed by atoms with Crippen molar-refractivity contribution in [3.05, 3.63) is 59.5 Å². The lowest BCUT2D eigenvalue weighted by Crippen LogP contribution is -2.00. The van der Waals surface area contributed by atoms with Crippen molar-refractivity contribution in [2.75, 3.05) is 7.11 Å². The van der Waals surface area contributed by atoms with Crippen molar-refractivity contribution in [2.24, 2.45) is 0 Å². The molecule has 134 valence electrons. The van der Waals surface area contributed by atoms with Crippen LogP contribution in [0.2, 0.25) is 0 Å². The molecule has 6 nitrogen and oxygen atoms in total. The van der Waals surface area contributed by atoms with Gasteiger partial charge in [-0.3, -0.25) is 4.79 Å². The maximum atomic E-state index is 11.5. The zero-order valence-electron chi connectivity index (χ0n) is 15.0. The highest BCUT2D eigenvalue weighted by Crippen LogP contribution is 2.29. The van der Waals surface area contributed by atoms with Gasteiger partial charge in [0.1, 0.15) is 0 Å². The second-order valence-corrected chi connectivity index (χ2v) is 5.77. The second-order valence-electron chi connectivity index (χ2n) is 5.77. The van der Waals surface area contributed by atoms with Crippen LogP contribution in [0.15, 0.2) is 47.0 Å². The van der Waals surface area contributed by atoms with Crippen molar-refractivity contribution < 1.29 is 18.8 Å². The average molecular weight is 352 g/mol. The minimum absolute atomic E-state index is 0.0366. The molecule has 2 aromatic carbocycles. The highest BCUT2D eigenvalue weighted by atomic mass is 16.5. The van der Waals surface area contributed by atoms with Gasteiger partial charge in [0, 0.05) is 11.1 Å². The third kappa shape index (κ3) is 3.91. The minimum Gasteiger partial charge on any atom is -0.493 e. The predicted octanol–water partition coefficient (Wildman–Crippen LogP) is 4.09. The molecule has 1 heterocycles. The van der Waals surface area contributed by atoms with Crippen LogP contribution in [0.3, 0.4) is 0 Å². The van der Waals surface area contributed by atoms with Gasteiger partial charge in [0.15, 0.2) is 23.9 Å².